The third-order valence-corrected chi connectivity index (χ3v) is 5.59. The first-order valence-corrected chi connectivity index (χ1v) is 13.3. The SMILES string of the molecule is COc1cc(-c2cc(Nc3ccc(Oc4ccnc(C(F)(F)F)c4)cc3)nc(N)n2)ccc1OC(=O)CNC(=O)OC(C)(C)C. The lowest BCUT2D eigenvalue weighted by Gasteiger charge is -2.19. The predicted octanol–water partition coefficient (Wildman–Crippen LogP) is 6.11. The van der Waals surface area contributed by atoms with E-state index in [1.807, 2.05) is 0 Å². The Morgan fingerprint density at radius 3 is 2.31 bits per heavy atom. The minimum absolute atomic E-state index is 0.0140. The summed E-state index contributed by atoms with van der Waals surface area (Å²) in [5.41, 5.74) is 5.74. The third-order valence-electron chi connectivity index (χ3n) is 5.59. The Balaban J connectivity index is 1.43. The molecule has 1 amide bonds. The lowest BCUT2D eigenvalue weighted by Crippen LogP contribution is -2.36. The molecule has 0 saturated carbocycles. The number of hydrogen-bond donors (Lipinski definition) is 3. The molecular formula is C30H29F3N6O6. The van der Waals surface area contributed by atoms with Crippen LogP contribution in [0.2, 0.25) is 0 Å². The van der Waals surface area contributed by atoms with Gasteiger partial charge in [-0.05, 0) is 69.3 Å². The maximum absolute atomic E-state index is 12.9. The number of alkyl carbamates (subject to hydrolysis) is 1. The number of amides is 1. The van der Waals surface area contributed by atoms with Crippen LogP contribution in [0.15, 0.2) is 66.9 Å². The molecule has 0 bridgehead atoms. The van der Waals surface area contributed by atoms with Crippen LogP contribution in [0.1, 0.15) is 26.5 Å². The van der Waals surface area contributed by atoms with Crippen molar-refractivity contribution in [3.05, 3.63) is 72.6 Å². The zero-order valence-corrected chi connectivity index (χ0v) is 24.6. The number of esters is 1. The molecule has 2 heterocycles. The zero-order valence-electron chi connectivity index (χ0n) is 24.6. The number of aromatic nitrogens is 3. The topological polar surface area (TPSA) is 160 Å². The van der Waals surface area contributed by atoms with Crippen LogP contribution in [-0.2, 0) is 15.7 Å². The highest BCUT2D eigenvalue weighted by molar-refractivity contribution is 5.80. The number of nitrogens with one attached hydrogen (secondary N) is 2. The van der Waals surface area contributed by atoms with E-state index in [4.69, 9.17) is 24.7 Å². The molecule has 2 aromatic carbocycles. The fourth-order valence-corrected chi connectivity index (χ4v) is 3.73. The van der Waals surface area contributed by atoms with E-state index in [1.165, 1.54) is 19.2 Å². The van der Waals surface area contributed by atoms with E-state index in [-0.39, 0.29) is 23.2 Å². The molecule has 2 aromatic heterocycles. The molecule has 4 rings (SSSR count). The van der Waals surface area contributed by atoms with Gasteiger partial charge in [-0.3, -0.25) is 4.98 Å². The number of nitrogens with zero attached hydrogens (tertiary/aromatic N) is 3. The average molecular weight is 627 g/mol. The minimum atomic E-state index is -4.59. The number of anilines is 3. The highest BCUT2D eigenvalue weighted by Gasteiger charge is 2.32. The van der Waals surface area contributed by atoms with Gasteiger partial charge in [0.2, 0.25) is 5.95 Å². The smallest absolute Gasteiger partial charge is 0.433 e. The van der Waals surface area contributed by atoms with Crippen LogP contribution >= 0.6 is 0 Å². The molecule has 236 valence electrons. The summed E-state index contributed by atoms with van der Waals surface area (Å²) < 4.78 is 60.1. The molecule has 0 radical (unpaired) electrons. The Hall–Kier alpha value is -5.60. The number of hydrogen-bond acceptors (Lipinski definition) is 11. The fourth-order valence-electron chi connectivity index (χ4n) is 3.73. The van der Waals surface area contributed by atoms with Gasteiger partial charge in [-0.2, -0.15) is 18.2 Å². The van der Waals surface area contributed by atoms with Gasteiger partial charge in [-0.25, -0.2) is 14.6 Å². The van der Waals surface area contributed by atoms with Crippen molar-refractivity contribution < 1.29 is 41.7 Å². The van der Waals surface area contributed by atoms with Crippen molar-refractivity contribution in [3.8, 4) is 34.3 Å². The molecule has 0 aliphatic heterocycles. The number of carbonyl (C=O) groups is 2. The van der Waals surface area contributed by atoms with Crippen LogP contribution in [0.3, 0.4) is 0 Å². The van der Waals surface area contributed by atoms with E-state index in [9.17, 15) is 22.8 Å². The number of nitrogens with two attached hydrogens (primary N) is 1. The first-order valence-electron chi connectivity index (χ1n) is 13.3. The zero-order chi connectivity index (χ0) is 32.8. The molecule has 45 heavy (non-hydrogen) atoms. The van der Waals surface area contributed by atoms with Crippen molar-refractivity contribution in [2.75, 3.05) is 24.7 Å². The van der Waals surface area contributed by atoms with Gasteiger partial charge >= 0.3 is 18.2 Å². The van der Waals surface area contributed by atoms with Crippen molar-refractivity contribution in [1.29, 1.82) is 0 Å². The number of carbonyl (C=O) groups excluding carboxylic acids is 2. The predicted molar refractivity (Wildman–Crippen MR) is 157 cm³/mol. The molecule has 0 unspecified atom stereocenters. The fraction of sp³-hybridized carbons (Fsp3) is 0.233. The molecule has 0 aliphatic rings. The molecule has 0 spiro atoms. The maximum atomic E-state index is 12.9. The number of rotatable bonds is 9. The van der Waals surface area contributed by atoms with Gasteiger partial charge in [0.15, 0.2) is 11.5 Å². The molecule has 0 fully saturated rings. The summed E-state index contributed by atoms with van der Waals surface area (Å²) in [6, 6.07) is 14.9. The summed E-state index contributed by atoms with van der Waals surface area (Å²) in [5.74, 6) is 0.191. The highest BCUT2D eigenvalue weighted by atomic mass is 19.4. The van der Waals surface area contributed by atoms with Gasteiger partial charge in [0, 0.05) is 29.6 Å². The van der Waals surface area contributed by atoms with Gasteiger partial charge in [0.1, 0.15) is 35.2 Å². The number of ether oxygens (including phenoxy) is 4. The number of methoxy groups -OCH3 is 1. The van der Waals surface area contributed by atoms with Crippen molar-refractivity contribution in [3.63, 3.8) is 0 Å². The standard InChI is InChI=1S/C30H29F3N6O6/c1-29(2,3)45-28(41)36-16-26(40)44-22-10-5-17(13-23(22)42-4)21-15-25(39-27(34)38-21)37-18-6-8-19(9-7-18)43-20-11-12-35-24(14-20)30(31,32)33/h5-15H,16H2,1-4H3,(H,36,41)(H3,34,37,38,39). The largest absolute Gasteiger partial charge is 0.493 e. The van der Waals surface area contributed by atoms with Crippen molar-refractivity contribution in [2.24, 2.45) is 0 Å². The monoisotopic (exact) mass is 626 g/mol. The Labute approximate surface area is 255 Å². The van der Waals surface area contributed by atoms with Crippen LogP contribution in [0.5, 0.6) is 23.0 Å². The lowest BCUT2D eigenvalue weighted by molar-refractivity contribution is -0.141. The van der Waals surface area contributed by atoms with E-state index in [2.05, 4.69) is 25.6 Å². The number of halogens is 3. The van der Waals surface area contributed by atoms with Gasteiger partial charge in [0.05, 0.1) is 12.8 Å². The number of pyridine rings is 1. The van der Waals surface area contributed by atoms with Crippen molar-refractivity contribution in [1.82, 2.24) is 20.3 Å². The second-order valence-electron chi connectivity index (χ2n) is 10.3. The first-order chi connectivity index (χ1) is 21.2. The van der Waals surface area contributed by atoms with Crippen molar-refractivity contribution >= 4 is 29.5 Å². The lowest BCUT2D eigenvalue weighted by atomic mass is 10.1. The second-order valence-corrected chi connectivity index (χ2v) is 10.3. The molecule has 15 heteroatoms. The summed E-state index contributed by atoms with van der Waals surface area (Å²) in [6.07, 6.45) is -4.33. The molecule has 0 saturated heterocycles. The van der Waals surface area contributed by atoms with Gasteiger partial charge in [-0.1, -0.05) is 0 Å². The summed E-state index contributed by atoms with van der Waals surface area (Å²) in [4.78, 5) is 35.9. The molecular weight excluding hydrogens is 597 g/mol. The van der Waals surface area contributed by atoms with E-state index < -0.39 is 36.1 Å². The van der Waals surface area contributed by atoms with Crippen LogP contribution in [0, 0.1) is 0 Å². The number of nitrogen functional groups attached to an aromatic ring is 1. The Morgan fingerprint density at radius 1 is 0.911 bits per heavy atom. The van der Waals surface area contributed by atoms with Crippen LogP contribution in [0.4, 0.5) is 35.4 Å². The summed E-state index contributed by atoms with van der Waals surface area (Å²) in [7, 11) is 1.40. The van der Waals surface area contributed by atoms with Gasteiger partial charge < -0.3 is 35.3 Å². The first kappa shape index (κ1) is 32.3. The van der Waals surface area contributed by atoms with E-state index in [0.717, 1.165) is 12.3 Å². The maximum Gasteiger partial charge on any atom is 0.433 e. The Morgan fingerprint density at radius 2 is 1.64 bits per heavy atom. The molecule has 4 aromatic rings. The van der Waals surface area contributed by atoms with Crippen LogP contribution in [-0.4, -0.2) is 46.3 Å². The normalized spacial score (nSPS) is 11.4. The quantitative estimate of drug-likeness (QED) is 0.145. The molecule has 0 atom stereocenters. The summed E-state index contributed by atoms with van der Waals surface area (Å²) in [5, 5.41) is 5.41. The third kappa shape index (κ3) is 9.44. The van der Waals surface area contributed by atoms with Crippen LogP contribution < -0.4 is 30.6 Å². The van der Waals surface area contributed by atoms with Gasteiger partial charge in [-0.15, -0.1) is 0 Å². The van der Waals surface area contributed by atoms with E-state index >= 15 is 0 Å². The average Bonchev–Trinajstić information content (AvgIpc) is 2.96. The molecule has 12 nitrogen and oxygen atoms in total. The summed E-state index contributed by atoms with van der Waals surface area (Å²) >= 11 is 0. The number of alkyl halides is 3. The highest BCUT2D eigenvalue weighted by Crippen LogP contribution is 2.34. The summed E-state index contributed by atoms with van der Waals surface area (Å²) in [6.45, 7) is 4.67. The second kappa shape index (κ2) is 13.4. The minimum Gasteiger partial charge on any atom is -0.493 e. The van der Waals surface area contributed by atoms with Gasteiger partial charge in [0.25, 0.3) is 0 Å². The van der Waals surface area contributed by atoms with Crippen molar-refractivity contribution in [2.45, 2.75) is 32.5 Å². The number of benzene rings is 2. The van der Waals surface area contributed by atoms with E-state index in [0.29, 0.717) is 28.5 Å². The van der Waals surface area contributed by atoms with E-state index in [1.54, 1.807) is 63.2 Å². The molecule has 0 aliphatic carbocycles. The molecule has 4 N–H and O–H groups in total. The Kier molecular flexibility index (Phi) is 9.60. The Bertz CT molecular complexity index is 1680. The van der Waals surface area contributed by atoms with Crippen LogP contribution in [0.25, 0.3) is 11.3 Å².